The average molecular weight is 558 g/mol. The maximum absolute atomic E-state index is 11.9. The zero-order valence-corrected chi connectivity index (χ0v) is 22.9. The Hall–Kier alpha value is -2.23. The molecule has 8 heteroatoms. The van der Waals surface area contributed by atoms with Crippen LogP contribution in [0.4, 0.5) is 0 Å². The quantitative estimate of drug-likeness (QED) is 0.323. The smallest absolute Gasteiger partial charge is 0.210 e. The van der Waals surface area contributed by atoms with Crippen molar-refractivity contribution in [2.45, 2.75) is 25.9 Å². The number of rotatable bonds is 8. The van der Waals surface area contributed by atoms with Gasteiger partial charge in [0.25, 0.3) is 0 Å². The first-order valence-corrected chi connectivity index (χ1v) is 13.5. The Morgan fingerprint density at radius 2 is 1.92 bits per heavy atom. The van der Waals surface area contributed by atoms with Crippen molar-refractivity contribution in [2.24, 2.45) is 0 Å². The maximum Gasteiger partial charge on any atom is 0.210 e. The molecular weight excluding hydrogens is 520 g/mol. The summed E-state index contributed by atoms with van der Waals surface area (Å²) >= 11 is 3.59. The van der Waals surface area contributed by atoms with Gasteiger partial charge in [-0.05, 0) is 48.2 Å². The molecule has 5 rings (SSSR count). The van der Waals surface area contributed by atoms with Crippen LogP contribution in [0.1, 0.15) is 35.3 Å². The molecule has 2 N–H and O–H groups in total. The first kappa shape index (κ1) is 26.8. The van der Waals surface area contributed by atoms with Crippen LogP contribution in [0.25, 0.3) is 10.9 Å². The fraction of sp³-hybridized carbons (Fsp3) is 0.464. The highest BCUT2D eigenvalue weighted by molar-refractivity contribution is 9.10. The molecule has 0 radical (unpaired) electrons. The number of nitrogens with zero attached hydrogens (tertiary/aromatic N) is 2. The number of morpholine rings is 1. The van der Waals surface area contributed by atoms with Crippen LogP contribution in [-0.4, -0.2) is 80.8 Å². The van der Waals surface area contributed by atoms with Gasteiger partial charge in [0.1, 0.15) is 0 Å². The van der Waals surface area contributed by atoms with Gasteiger partial charge in [0, 0.05) is 74.1 Å². The van der Waals surface area contributed by atoms with Crippen molar-refractivity contribution in [3.63, 3.8) is 0 Å². The third-order valence-corrected chi connectivity index (χ3v) is 7.38. The SMILES string of the molecule is CCOC.O=CN1CCc2c([nH]c3ccc(Br)cc23)C1c1ccc(CNCCN2CCOCC2)cc1. The molecule has 3 heterocycles. The zero-order valence-electron chi connectivity index (χ0n) is 21.3. The minimum Gasteiger partial charge on any atom is -0.385 e. The number of ether oxygens (including phenoxy) is 2. The van der Waals surface area contributed by atoms with E-state index >= 15 is 0 Å². The summed E-state index contributed by atoms with van der Waals surface area (Å²) in [7, 11) is 1.68. The van der Waals surface area contributed by atoms with E-state index in [0.29, 0.717) is 0 Å². The van der Waals surface area contributed by atoms with Gasteiger partial charge in [-0.15, -0.1) is 0 Å². The minimum absolute atomic E-state index is 0.0780. The Kier molecular flexibility index (Phi) is 9.95. The summed E-state index contributed by atoms with van der Waals surface area (Å²) < 4.78 is 11.0. The van der Waals surface area contributed by atoms with E-state index in [1.54, 1.807) is 7.11 Å². The number of benzene rings is 2. The van der Waals surface area contributed by atoms with Gasteiger partial charge in [0.15, 0.2) is 0 Å². The van der Waals surface area contributed by atoms with Crippen molar-refractivity contribution >= 4 is 33.2 Å². The normalized spacial score (nSPS) is 18.0. The molecule has 0 spiro atoms. The predicted molar refractivity (Wildman–Crippen MR) is 147 cm³/mol. The van der Waals surface area contributed by atoms with E-state index in [1.807, 2.05) is 11.8 Å². The number of nitrogens with one attached hydrogen (secondary N) is 2. The molecule has 1 amide bonds. The van der Waals surface area contributed by atoms with Crippen LogP contribution in [0.15, 0.2) is 46.9 Å². The summed E-state index contributed by atoms with van der Waals surface area (Å²) in [5, 5.41) is 4.79. The van der Waals surface area contributed by atoms with Gasteiger partial charge < -0.3 is 24.7 Å². The van der Waals surface area contributed by atoms with E-state index in [-0.39, 0.29) is 6.04 Å². The standard InChI is InChI=1S/C25H29BrN4O2.C3H8O/c26-20-5-6-23-22(15-20)21-7-9-30(17-31)25(24(21)28-23)19-3-1-18(2-4-19)16-27-8-10-29-11-13-32-14-12-29;1-3-4-2/h1-6,15,17,25,27-28H,7-14,16H2;3H2,1-2H3. The Balaban J connectivity index is 0.000000709. The van der Waals surface area contributed by atoms with Crippen LogP contribution < -0.4 is 5.32 Å². The number of hydrogen-bond acceptors (Lipinski definition) is 5. The molecule has 3 aromatic rings. The second-order valence-electron chi connectivity index (χ2n) is 9.15. The molecular formula is C28H37BrN4O3. The molecule has 1 saturated heterocycles. The minimum atomic E-state index is -0.0780. The zero-order chi connectivity index (χ0) is 25.3. The number of fused-ring (bicyclic) bond motifs is 3. The second-order valence-corrected chi connectivity index (χ2v) is 10.1. The number of carbonyl (C=O) groups is 1. The van der Waals surface area contributed by atoms with E-state index in [9.17, 15) is 4.79 Å². The van der Waals surface area contributed by atoms with Crippen molar-refractivity contribution < 1.29 is 14.3 Å². The number of H-pyrrole nitrogens is 1. The molecule has 0 saturated carbocycles. The fourth-order valence-electron chi connectivity index (χ4n) is 4.86. The Bertz CT molecular complexity index is 1110. The van der Waals surface area contributed by atoms with Gasteiger partial charge >= 0.3 is 0 Å². The molecule has 2 aliphatic rings. The van der Waals surface area contributed by atoms with Crippen LogP contribution in [0.5, 0.6) is 0 Å². The number of amides is 1. The molecule has 194 valence electrons. The summed E-state index contributed by atoms with van der Waals surface area (Å²) in [6.45, 7) is 10.1. The van der Waals surface area contributed by atoms with E-state index in [0.717, 1.165) is 93.2 Å². The second kappa shape index (κ2) is 13.4. The molecule has 1 fully saturated rings. The summed E-state index contributed by atoms with van der Waals surface area (Å²) in [4.78, 5) is 19.8. The molecule has 2 aliphatic heterocycles. The van der Waals surface area contributed by atoms with Crippen molar-refractivity contribution in [2.75, 3.05) is 59.7 Å². The van der Waals surface area contributed by atoms with Crippen molar-refractivity contribution in [1.82, 2.24) is 20.1 Å². The molecule has 1 aromatic heterocycles. The largest absolute Gasteiger partial charge is 0.385 e. The van der Waals surface area contributed by atoms with Crippen LogP contribution in [0.3, 0.4) is 0 Å². The Morgan fingerprint density at radius 3 is 2.61 bits per heavy atom. The van der Waals surface area contributed by atoms with Crippen LogP contribution in [0.2, 0.25) is 0 Å². The molecule has 36 heavy (non-hydrogen) atoms. The number of halogens is 1. The summed E-state index contributed by atoms with van der Waals surface area (Å²) in [5.41, 5.74) is 5.97. The van der Waals surface area contributed by atoms with Gasteiger partial charge in [0.05, 0.1) is 19.3 Å². The lowest BCUT2D eigenvalue weighted by Gasteiger charge is -2.33. The number of carbonyl (C=O) groups excluding carboxylic acids is 1. The highest BCUT2D eigenvalue weighted by atomic mass is 79.9. The average Bonchev–Trinajstić information content (AvgIpc) is 3.29. The lowest BCUT2D eigenvalue weighted by Crippen LogP contribution is -2.40. The monoisotopic (exact) mass is 556 g/mol. The lowest BCUT2D eigenvalue weighted by atomic mass is 9.92. The molecule has 0 aliphatic carbocycles. The Morgan fingerprint density at radius 1 is 1.17 bits per heavy atom. The van der Waals surface area contributed by atoms with E-state index < -0.39 is 0 Å². The topological polar surface area (TPSA) is 69.8 Å². The van der Waals surface area contributed by atoms with Gasteiger partial charge in [-0.2, -0.15) is 0 Å². The van der Waals surface area contributed by atoms with Crippen LogP contribution in [-0.2, 0) is 27.2 Å². The number of aromatic amines is 1. The number of aromatic nitrogens is 1. The van der Waals surface area contributed by atoms with Gasteiger partial charge in [-0.25, -0.2) is 0 Å². The summed E-state index contributed by atoms with van der Waals surface area (Å²) in [5.74, 6) is 0. The summed E-state index contributed by atoms with van der Waals surface area (Å²) in [6, 6.07) is 14.9. The first-order chi connectivity index (χ1) is 17.6. The molecule has 2 aromatic carbocycles. The maximum atomic E-state index is 11.9. The van der Waals surface area contributed by atoms with Crippen molar-refractivity contribution in [1.29, 1.82) is 0 Å². The molecule has 1 unspecified atom stereocenters. The van der Waals surface area contributed by atoms with Gasteiger partial charge in [-0.1, -0.05) is 40.2 Å². The first-order valence-electron chi connectivity index (χ1n) is 12.7. The third kappa shape index (κ3) is 6.55. The van der Waals surface area contributed by atoms with Crippen molar-refractivity contribution in [3.8, 4) is 0 Å². The Labute approximate surface area is 222 Å². The number of hydrogen-bond donors (Lipinski definition) is 2. The van der Waals surface area contributed by atoms with Crippen LogP contribution in [0, 0.1) is 0 Å². The van der Waals surface area contributed by atoms with Crippen molar-refractivity contribution in [3.05, 3.63) is 69.3 Å². The van der Waals surface area contributed by atoms with E-state index in [2.05, 4.69) is 78.3 Å². The molecule has 0 bridgehead atoms. The lowest BCUT2D eigenvalue weighted by molar-refractivity contribution is -0.120. The van der Waals surface area contributed by atoms with E-state index in [4.69, 9.17) is 4.74 Å². The molecule has 7 nitrogen and oxygen atoms in total. The molecule has 1 atom stereocenters. The summed E-state index contributed by atoms with van der Waals surface area (Å²) in [6.07, 6.45) is 1.85. The van der Waals surface area contributed by atoms with Crippen LogP contribution >= 0.6 is 15.9 Å². The van der Waals surface area contributed by atoms with E-state index in [1.165, 1.54) is 16.5 Å². The predicted octanol–water partition coefficient (Wildman–Crippen LogP) is 4.11. The third-order valence-electron chi connectivity index (χ3n) is 6.88. The fourth-order valence-corrected chi connectivity index (χ4v) is 5.22. The van der Waals surface area contributed by atoms with Gasteiger partial charge in [-0.3, -0.25) is 9.69 Å². The van der Waals surface area contributed by atoms with Gasteiger partial charge in [0.2, 0.25) is 6.41 Å². The highest BCUT2D eigenvalue weighted by Crippen LogP contribution is 2.38. The highest BCUT2D eigenvalue weighted by Gasteiger charge is 2.30. The number of methoxy groups -OCH3 is 1.